The maximum atomic E-state index is 11.7. The summed E-state index contributed by atoms with van der Waals surface area (Å²) in [4.78, 5) is 0. The molecular formula is C3H3F3I2O3S. The van der Waals surface area contributed by atoms with Crippen LogP contribution in [0.25, 0.3) is 0 Å². The second kappa shape index (κ2) is 3.73. The van der Waals surface area contributed by atoms with Crippen molar-refractivity contribution in [2.75, 3.05) is 0 Å². The van der Waals surface area contributed by atoms with Crippen LogP contribution < -0.4 is 0 Å². The maximum absolute atomic E-state index is 11.7. The summed E-state index contributed by atoms with van der Waals surface area (Å²) in [7, 11) is -4.68. The van der Waals surface area contributed by atoms with Crippen LogP contribution in [-0.2, 0) is 10.1 Å². The molecule has 0 radical (unpaired) electrons. The number of rotatable bonds is 2. The van der Waals surface area contributed by atoms with E-state index >= 15 is 0 Å². The number of hydrogen-bond acceptors (Lipinski definition) is 2. The molecule has 0 saturated carbocycles. The zero-order valence-corrected chi connectivity index (χ0v) is 10.4. The molecule has 3 nitrogen and oxygen atoms in total. The molecule has 0 spiro atoms. The summed E-state index contributed by atoms with van der Waals surface area (Å²) >= 11 is 2.07. The van der Waals surface area contributed by atoms with Crippen LogP contribution >= 0.6 is 45.2 Å². The van der Waals surface area contributed by atoms with Gasteiger partial charge in [-0.2, -0.15) is 21.6 Å². The zero-order valence-electron chi connectivity index (χ0n) is 5.27. The smallest absolute Gasteiger partial charge is 0.284 e. The van der Waals surface area contributed by atoms with E-state index in [-0.39, 0.29) is 0 Å². The molecule has 0 atom stereocenters. The van der Waals surface area contributed by atoms with E-state index in [1.807, 2.05) is 0 Å². The Morgan fingerprint density at radius 3 is 1.67 bits per heavy atom. The Labute approximate surface area is 94.1 Å². The van der Waals surface area contributed by atoms with Crippen LogP contribution in [0.2, 0.25) is 0 Å². The Bertz CT molecular complexity index is 256. The van der Waals surface area contributed by atoms with Gasteiger partial charge in [0.25, 0.3) is 10.1 Å². The van der Waals surface area contributed by atoms with E-state index in [9.17, 15) is 21.6 Å². The largest absolute Gasteiger partial charge is 0.392 e. The van der Waals surface area contributed by atoms with Gasteiger partial charge in [0.05, 0.1) is 6.42 Å². The lowest BCUT2D eigenvalue weighted by Gasteiger charge is -2.18. The van der Waals surface area contributed by atoms with Gasteiger partial charge in [0.15, 0.2) is 0 Å². The van der Waals surface area contributed by atoms with E-state index in [0.717, 1.165) is 45.2 Å². The second-order valence-corrected chi connectivity index (χ2v) is 10.8. The predicted octanol–water partition coefficient (Wildman–Crippen LogP) is 2.35. The lowest BCUT2D eigenvalue weighted by atomic mass is 10.5. The summed E-state index contributed by atoms with van der Waals surface area (Å²) in [6, 6.07) is 0. The van der Waals surface area contributed by atoms with Crippen LogP contribution in [0, 0.1) is 0 Å². The molecular weight excluding hydrogens is 427 g/mol. The lowest BCUT2D eigenvalue weighted by molar-refractivity contribution is -0.131. The van der Waals surface area contributed by atoms with Crippen LogP contribution in [0.4, 0.5) is 13.2 Å². The minimum absolute atomic E-state index is 1.04. The summed E-state index contributed by atoms with van der Waals surface area (Å²) in [6.07, 6.45) is -6.20. The molecule has 12 heavy (non-hydrogen) atoms. The van der Waals surface area contributed by atoms with Gasteiger partial charge in [-0.05, 0) is 45.2 Å². The molecule has 0 unspecified atom stereocenters. The first-order valence-electron chi connectivity index (χ1n) is 2.37. The standard InChI is InChI=1S/C3H3F3I2O3S/c4-2(5,6)1-3(7,8)12(9,10)11/h1H2,(H,9,10,11). The monoisotopic (exact) mass is 430 g/mol. The predicted molar refractivity (Wildman–Crippen MR) is 53.0 cm³/mol. The van der Waals surface area contributed by atoms with Gasteiger partial charge < -0.3 is 0 Å². The van der Waals surface area contributed by atoms with Gasteiger partial charge in [0.2, 0.25) is 0.760 Å². The number of hydrogen-bond donors (Lipinski definition) is 1. The van der Waals surface area contributed by atoms with Crippen LogP contribution in [-0.4, -0.2) is 19.9 Å². The van der Waals surface area contributed by atoms with Gasteiger partial charge in [-0.25, -0.2) is 0 Å². The van der Waals surface area contributed by atoms with E-state index in [1.165, 1.54) is 0 Å². The molecule has 1 N–H and O–H groups in total. The molecule has 0 saturated heterocycles. The fourth-order valence-electron chi connectivity index (χ4n) is 0.325. The van der Waals surface area contributed by atoms with Crippen molar-refractivity contribution in [2.45, 2.75) is 13.4 Å². The highest BCUT2D eigenvalue weighted by Gasteiger charge is 2.47. The summed E-state index contributed by atoms with van der Waals surface area (Å²) in [6.45, 7) is 0. The lowest BCUT2D eigenvalue weighted by Crippen LogP contribution is -2.30. The van der Waals surface area contributed by atoms with Crippen LogP contribution in [0.3, 0.4) is 0 Å². The first-order valence-corrected chi connectivity index (χ1v) is 5.97. The summed E-state index contributed by atoms with van der Waals surface area (Å²) in [5, 5.41) is 0. The fraction of sp³-hybridized carbons (Fsp3) is 1.00. The number of halogens is 5. The number of alkyl halides is 5. The Morgan fingerprint density at radius 2 is 1.58 bits per heavy atom. The Hall–Kier alpha value is 1.16. The van der Waals surface area contributed by atoms with Crippen molar-refractivity contribution in [3.05, 3.63) is 0 Å². The summed E-state index contributed by atoms with van der Waals surface area (Å²) in [5.74, 6) is 0. The molecule has 0 aliphatic carbocycles. The van der Waals surface area contributed by atoms with Crippen molar-refractivity contribution in [3.8, 4) is 0 Å². The molecule has 0 aromatic carbocycles. The Kier molecular flexibility index (Phi) is 4.09. The van der Waals surface area contributed by atoms with Crippen LogP contribution in [0.5, 0.6) is 0 Å². The zero-order chi connectivity index (χ0) is 10.2. The summed E-state index contributed by atoms with van der Waals surface area (Å²) < 4.78 is 62.0. The van der Waals surface area contributed by atoms with Crippen molar-refractivity contribution < 1.29 is 26.1 Å². The van der Waals surface area contributed by atoms with Gasteiger partial charge in [0, 0.05) is 0 Å². The van der Waals surface area contributed by atoms with Crippen LogP contribution in [0.15, 0.2) is 0 Å². The average molecular weight is 430 g/mol. The quantitative estimate of drug-likeness (QED) is 0.416. The third-order valence-electron chi connectivity index (χ3n) is 0.784. The van der Waals surface area contributed by atoms with E-state index in [1.54, 1.807) is 0 Å². The molecule has 0 fully saturated rings. The molecule has 0 aliphatic heterocycles. The topological polar surface area (TPSA) is 54.4 Å². The van der Waals surface area contributed by atoms with E-state index in [4.69, 9.17) is 4.55 Å². The van der Waals surface area contributed by atoms with Crippen molar-refractivity contribution in [3.63, 3.8) is 0 Å². The molecule has 0 aromatic rings. The highest BCUT2D eigenvalue weighted by molar-refractivity contribution is 14.2. The highest BCUT2D eigenvalue weighted by atomic mass is 127. The maximum Gasteiger partial charge on any atom is 0.392 e. The van der Waals surface area contributed by atoms with E-state index in [2.05, 4.69) is 0 Å². The van der Waals surface area contributed by atoms with Crippen molar-refractivity contribution in [1.82, 2.24) is 0 Å². The van der Waals surface area contributed by atoms with Gasteiger partial charge in [-0.3, -0.25) is 4.55 Å². The Balaban J connectivity index is 4.68. The molecule has 0 bridgehead atoms. The molecule has 0 rings (SSSR count). The van der Waals surface area contributed by atoms with Crippen molar-refractivity contribution in [1.29, 1.82) is 0 Å². The fourth-order valence-corrected chi connectivity index (χ4v) is 1.54. The van der Waals surface area contributed by atoms with Crippen molar-refractivity contribution in [2.24, 2.45) is 0 Å². The minimum Gasteiger partial charge on any atom is -0.284 e. The van der Waals surface area contributed by atoms with E-state index in [0.29, 0.717) is 0 Å². The van der Waals surface area contributed by atoms with E-state index < -0.39 is 23.5 Å². The van der Waals surface area contributed by atoms with Gasteiger partial charge in [0.1, 0.15) is 0 Å². The summed E-state index contributed by atoms with van der Waals surface area (Å²) in [5.41, 5.74) is 0. The Morgan fingerprint density at radius 1 is 1.25 bits per heavy atom. The molecule has 0 heterocycles. The molecule has 0 aliphatic rings. The molecule has 0 amide bonds. The third kappa shape index (κ3) is 4.41. The van der Waals surface area contributed by atoms with Gasteiger partial charge in [-0.1, -0.05) is 0 Å². The SMILES string of the molecule is O=S(=O)(O)C(I)(I)CC(F)(F)F. The van der Waals surface area contributed by atoms with Crippen molar-refractivity contribution >= 4 is 55.3 Å². The van der Waals surface area contributed by atoms with Crippen LogP contribution in [0.1, 0.15) is 6.42 Å². The minimum atomic E-state index is -4.68. The third-order valence-corrected chi connectivity index (χ3v) is 5.78. The van der Waals surface area contributed by atoms with Gasteiger partial charge >= 0.3 is 6.18 Å². The molecule has 0 aromatic heterocycles. The highest BCUT2D eigenvalue weighted by Crippen LogP contribution is 2.42. The first-order chi connectivity index (χ1) is 4.96. The van der Waals surface area contributed by atoms with Gasteiger partial charge in [-0.15, -0.1) is 0 Å². The first kappa shape index (κ1) is 13.2. The normalized spacial score (nSPS) is 14.8. The molecule has 74 valence electrons. The second-order valence-electron chi connectivity index (χ2n) is 1.90. The average Bonchev–Trinajstić information content (AvgIpc) is 1.52. The molecule has 9 heteroatoms.